The first-order chi connectivity index (χ1) is 23.5. The van der Waals surface area contributed by atoms with Crippen LogP contribution in [0.2, 0.25) is 5.02 Å². The molecule has 1 aliphatic rings. The Balaban J connectivity index is 1.17. The zero-order chi connectivity index (χ0) is 34.3. The van der Waals surface area contributed by atoms with E-state index in [4.69, 9.17) is 26.2 Å². The maximum atomic E-state index is 13.0. The van der Waals surface area contributed by atoms with Gasteiger partial charge in [0.2, 0.25) is 12.0 Å². The number of carboxylic acid groups (broad SMARTS) is 1. The summed E-state index contributed by atoms with van der Waals surface area (Å²) >= 11 is 7.51. The van der Waals surface area contributed by atoms with Gasteiger partial charge in [-0.1, -0.05) is 49.1 Å². The first-order valence-electron chi connectivity index (χ1n) is 15.7. The number of fused-ring (bicyclic) bond motifs is 2. The monoisotopic (exact) mass is 709 g/mol. The minimum absolute atomic E-state index is 0.0646. The van der Waals surface area contributed by atoms with Crippen LogP contribution in [0.3, 0.4) is 0 Å². The number of hydrogen-bond donors (Lipinski definition) is 1. The van der Waals surface area contributed by atoms with Gasteiger partial charge in [-0.3, -0.25) is 9.36 Å². The predicted octanol–water partition coefficient (Wildman–Crippen LogP) is 8.26. The largest absolute Gasteiger partial charge is 0.487 e. The number of aryl methyl sites for hydroxylation is 1. The number of hydrogen-bond acceptors (Lipinski definition) is 7. The molecule has 1 N–H and O–H groups in total. The van der Waals surface area contributed by atoms with Crippen molar-refractivity contribution in [2.75, 3.05) is 0 Å². The van der Waals surface area contributed by atoms with Gasteiger partial charge in [-0.15, -0.1) is 0 Å². The molecule has 7 rings (SSSR count). The van der Waals surface area contributed by atoms with Crippen LogP contribution in [0.25, 0.3) is 32.2 Å². The van der Waals surface area contributed by atoms with Gasteiger partial charge in [-0.25, -0.2) is 4.79 Å². The summed E-state index contributed by atoms with van der Waals surface area (Å²) in [7, 11) is 1.88. The summed E-state index contributed by atoms with van der Waals surface area (Å²) in [6, 6.07) is 18.1. The van der Waals surface area contributed by atoms with Crippen LogP contribution in [-0.2, 0) is 37.8 Å². The number of rotatable bonds is 12. The maximum absolute atomic E-state index is 13.0. The molecule has 6 aromatic rings. The Kier molecular flexibility index (Phi) is 8.97. The van der Waals surface area contributed by atoms with Crippen LogP contribution in [0.5, 0.6) is 11.6 Å². The van der Waals surface area contributed by atoms with Gasteiger partial charge in [0.05, 0.1) is 21.3 Å². The minimum atomic E-state index is -4.44. The molecule has 254 valence electrons. The molecule has 3 aromatic heterocycles. The fraction of sp³-hybridized carbons (Fsp3) is 0.314. The Bertz CT molecular complexity index is 2160. The standard InChI is InChI=1S/C35H31ClF3N5O4S/c1-43-27-17-24(36)9-10-26(27)32(41-43)23-14-22(13-20-5-4-6-20)31-30(16-23)49-42-33(31)48-29(34(45)46)15-21-7-2-3-8-28(21)47-18-25-11-12-40-44(25)19-35(37,38)39/h2-3,7-12,14,16-17,20,29H,4-6,13,15,18-19H2,1H3,(H,45,46). The van der Waals surface area contributed by atoms with E-state index in [9.17, 15) is 23.1 Å². The van der Waals surface area contributed by atoms with E-state index in [1.54, 1.807) is 24.3 Å². The zero-order valence-corrected chi connectivity index (χ0v) is 27.9. The molecule has 0 aliphatic heterocycles. The van der Waals surface area contributed by atoms with Gasteiger partial charge in [0.25, 0.3) is 0 Å². The molecule has 0 saturated heterocycles. The van der Waals surface area contributed by atoms with Gasteiger partial charge in [-0.05, 0) is 77.5 Å². The number of para-hydroxylation sites is 1. The zero-order valence-electron chi connectivity index (χ0n) is 26.3. The second kappa shape index (κ2) is 13.4. The number of halogens is 4. The van der Waals surface area contributed by atoms with E-state index < -0.39 is 24.8 Å². The van der Waals surface area contributed by atoms with Crippen molar-refractivity contribution in [3.63, 3.8) is 0 Å². The molecule has 49 heavy (non-hydrogen) atoms. The lowest BCUT2D eigenvalue weighted by Crippen LogP contribution is -2.30. The smallest absolute Gasteiger partial charge is 0.408 e. The lowest BCUT2D eigenvalue weighted by atomic mass is 9.80. The summed E-state index contributed by atoms with van der Waals surface area (Å²) in [6.45, 7) is -1.43. The van der Waals surface area contributed by atoms with Gasteiger partial charge >= 0.3 is 12.1 Å². The topological polar surface area (TPSA) is 104 Å². The number of alkyl halides is 3. The fourth-order valence-corrected chi connectivity index (χ4v) is 7.20. The van der Waals surface area contributed by atoms with Crippen LogP contribution in [0, 0.1) is 5.92 Å². The highest BCUT2D eigenvalue weighted by molar-refractivity contribution is 7.13. The molecular weight excluding hydrogens is 679 g/mol. The average molecular weight is 710 g/mol. The molecule has 1 atom stereocenters. The van der Waals surface area contributed by atoms with E-state index in [1.807, 2.05) is 36.0 Å². The molecule has 14 heteroatoms. The fourth-order valence-electron chi connectivity index (χ4n) is 6.23. The molecule has 3 aromatic carbocycles. The van der Waals surface area contributed by atoms with Crippen molar-refractivity contribution in [3.8, 4) is 22.9 Å². The quantitative estimate of drug-likeness (QED) is 0.136. The number of benzene rings is 3. The number of carbonyl (C=O) groups is 1. The molecule has 3 heterocycles. The molecule has 0 radical (unpaired) electrons. The number of aromatic nitrogens is 5. The van der Waals surface area contributed by atoms with Crippen LogP contribution in [-0.4, -0.2) is 47.3 Å². The SMILES string of the molecule is Cn1nc(-c2cc(CC3CCC3)c3c(OC(Cc4ccccc4OCc4ccnn4CC(F)(F)F)C(=O)O)nsc3c2)c2ccc(Cl)cc21. The molecule has 0 amide bonds. The third-order valence-corrected chi connectivity index (χ3v) is 9.87. The van der Waals surface area contributed by atoms with Crippen molar-refractivity contribution in [2.45, 2.75) is 57.5 Å². The molecule has 1 saturated carbocycles. The van der Waals surface area contributed by atoms with Crippen molar-refractivity contribution >= 4 is 50.1 Å². The summed E-state index contributed by atoms with van der Waals surface area (Å²) in [5.74, 6) is -0.0907. The Morgan fingerprint density at radius 2 is 1.94 bits per heavy atom. The van der Waals surface area contributed by atoms with E-state index in [2.05, 4.69) is 15.5 Å². The second-order valence-corrected chi connectivity index (χ2v) is 13.5. The molecule has 0 spiro atoms. The molecule has 0 bridgehead atoms. The summed E-state index contributed by atoms with van der Waals surface area (Å²) < 4.78 is 59.1. The van der Waals surface area contributed by atoms with Crippen LogP contribution in [0.1, 0.15) is 36.1 Å². The van der Waals surface area contributed by atoms with Gasteiger partial charge in [0, 0.05) is 35.6 Å². The predicted molar refractivity (Wildman–Crippen MR) is 180 cm³/mol. The number of carboxylic acids is 1. The van der Waals surface area contributed by atoms with Crippen molar-refractivity contribution in [3.05, 3.63) is 88.7 Å². The van der Waals surface area contributed by atoms with E-state index in [0.717, 1.165) is 61.8 Å². The van der Waals surface area contributed by atoms with Crippen LogP contribution in [0.4, 0.5) is 13.2 Å². The van der Waals surface area contributed by atoms with E-state index in [1.165, 1.54) is 30.2 Å². The first kappa shape index (κ1) is 32.9. The van der Waals surface area contributed by atoms with Crippen LogP contribution < -0.4 is 9.47 Å². The third-order valence-electron chi connectivity index (χ3n) is 8.86. The Morgan fingerprint density at radius 3 is 2.69 bits per heavy atom. The molecule has 1 aliphatic carbocycles. The highest BCUT2D eigenvalue weighted by atomic mass is 35.5. The maximum Gasteiger partial charge on any atom is 0.408 e. The van der Waals surface area contributed by atoms with Crippen molar-refractivity contribution in [2.24, 2.45) is 13.0 Å². The van der Waals surface area contributed by atoms with E-state index in [0.29, 0.717) is 22.3 Å². The van der Waals surface area contributed by atoms with E-state index >= 15 is 0 Å². The van der Waals surface area contributed by atoms with Gasteiger partial charge < -0.3 is 14.6 Å². The third kappa shape index (κ3) is 7.09. The molecule has 1 unspecified atom stereocenters. The number of aliphatic carboxylic acids is 1. The summed E-state index contributed by atoms with van der Waals surface area (Å²) in [4.78, 5) is 12.6. The highest BCUT2D eigenvalue weighted by Crippen LogP contribution is 2.41. The van der Waals surface area contributed by atoms with Gasteiger partial charge in [-0.2, -0.15) is 27.7 Å². The van der Waals surface area contributed by atoms with Gasteiger partial charge in [0.15, 0.2) is 0 Å². The lowest BCUT2D eigenvalue weighted by molar-refractivity contribution is -0.145. The highest BCUT2D eigenvalue weighted by Gasteiger charge is 2.30. The van der Waals surface area contributed by atoms with Crippen LogP contribution >= 0.6 is 23.1 Å². The molecular formula is C35H31ClF3N5O4S. The average Bonchev–Trinajstić information content (AvgIpc) is 3.74. The number of nitrogens with zero attached hydrogens (tertiary/aromatic N) is 5. The normalized spacial score (nSPS) is 14.3. The lowest BCUT2D eigenvalue weighted by Gasteiger charge is -2.26. The summed E-state index contributed by atoms with van der Waals surface area (Å²) in [5.41, 5.74) is 4.45. The second-order valence-electron chi connectivity index (χ2n) is 12.3. The Morgan fingerprint density at radius 1 is 1.12 bits per heavy atom. The minimum Gasteiger partial charge on any atom is -0.487 e. The number of ether oxygens (including phenoxy) is 2. The van der Waals surface area contributed by atoms with Crippen molar-refractivity contribution in [1.29, 1.82) is 0 Å². The Hall–Kier alpha value is -4.62. The van der Waals surface area contributed by atoms with E-state index in [-0.39, 0.29) is 24.6 Å². The summed E-state index contributed by atoms with van der Waals surface area (Å²) in [5, 5.41) is 21.2. The molecule has 1 fully saturated rings. The summed E-state index contributed by atoms with van der Waals surface area (Å²) in [6.07, 6.45) is -0.319. The Labute approximate surface area is 288 Å². The van der Waals surface area contributed by atoms with Crippen LogP contribution in [0.15, 0.2) is 66.9 Å². The van der Waals surface area contributed by atoms with Gasteiger partial charge in [0.1, 0.15) is 24.6 Å². The van der Waals surface area contributed by atoms with Crippen molar-refractivity contribution < 1.29 is 32.5 Å². The molecule has 9 nitrogen and oxygen atoms in total. The van der Waals surface area contributed by atoms with Crippen molar-refractivity contribution in [1.82, 2.24) is 23.9 Å². The first-order valence-corrected chi connectivity index (χ1v) is 16.9.